The van der Waals surface area contributed by atoms with Crippen LogP contribution in [-0.4, -0.2) is 51.5 Å². The molecule has 2 aromatic rings. The Kier molecular flexibility index (Phi) is 5.57. The molecule has 0 amide bonds. The molecule has 0 saturated heterocycles. The summed E-state index contributed by atoms with van der Waals surface area (Å²) < 4.78 is 27.6. The number of halogens is 1. The highest BCUT2D eigenvalue weighted by atomic mass is 79.9. The maximum atomic E-state index is 11.8. The van der Waals surface area contributed by atoms with Gasteiger partial charge in [-0.3, -0.25) is 9.13 Å². The van der Waals surface area contributed by atoms with Crippen molar-refractivity contribution in [1.82, 2.24) is 19.5 Å². The van der Waals surface area contributed by atoms with E-state index in [1.165, 1.54) is 12.7 Å². The van der Waals surface area contributed by atoms with Crippen LogP contribution in [0.3, 0.4) is 0 Å². The second-order valence-corrected chi connectivity index (χ2v) is 11.3. The number of rotatable bonds is 7. The molecule has 0 bridgehead atoms. The molecule has 0 spiro atoms. The van der Waals surface area contributed by atoms with E-state index in [0.29, 0.717) is 11.2 Å². The summed E-state index contributed by atoms with van der Waals surface area (Å²) in [5, 5.41) is 0. The average molecular weight is 430 g/mol. The molecular weight excluding hydrogens is 416 g/mol. The highest BCUT2D eigenvalue weighted by molar-refractivity contribution is 9.12. The summed E-state index contributed by atoms with van der Waals surface area (Å²) >= 11 is 2.55. The van der Waals surface area contributed by atoms with Crippen LogP contribution in [-0.2, 0) is 20.4 Å². The molecule has 0 saturated carbocycles. The van der Waals surface area contributed by atoms with E-state index in [1.54, 1.807) is 4.57 Å². The van der Waals surface area contributed by atoms with Gasteiger partial charge in [0.1, 0.15) is 18.2 Å². The van der Waals surface area contributed by atoms with Crippen molar-refractivity contribution in [3.05, 3.63) is 12.7 Å². The molecule has 5 N–H and O–H groups in total. The summed E-state index contributed by atoms with van der Waals surface area (Å²) in [6.45, 7) is 0.274. The first-order valence-electron chi connectivity index (χ1n) is 6.13. The monoisotopic (exact) mass is 429 g/mol. The van der Waals surface area contributed by atoms with Crippen molar-refractivity contribution in [2.24, 2.45) is 0 Å². The lowest BCUT2D eigenvalue weighted by atomic mass is 10.5. The maximum absolute atomic E-state index is 11.8. The van der Waals surface area contributed by atoms with Gasteiger partial charge in [0, 0.05) is 6.54 Å². The molecule has 2 unspecified atom stereocenters. The van der Waals surface area contributed by atoms with Crippen molar-refractivity contribution >= 4 is 47.9 Å². The van der Waals surface area contributed by atoms with E-state index in [4.69, 9.17) is 20.3 Å². The Balaban J connectivity index is 1.94. The molecule has 2 aromatic heterocycles. The number of anilines is 1. The fourth-order valence-electron chi connectivity index (χ4n) is 1.72. The molecule has 11 nitrogen and oxygen atoms in total. The second-order valence-electron chi connectivity index (χ2n) is 4.56. The number of nitrogen functional groups attached to an aromatic ring is 1. The highest BCUT2D eigenvalue weighted by Gasteiger charge is 2.42. The van der Waals surface area contributed by atoms with Crippen LogP contribution in [0.2, 0.25) is 0 Å². The van der Waals surface area contributed by atoms with Gasteiger partial charge in [-0.1, -0.05) is 15.9 Å². The number of nitrogens with two attached hydrogens (primary N) is 1. The minimum Gasteiger partial charge on any atom is -0.382 e. The molecule has 0 aromatic carbocycles. The molecule has 2 rings (SSSR count). The van der Waals surface area contributed by atoms with E-state index < -0.39 is 25.6 Å². The lowest BCUT2D eigenvalue weighted by Crippen LogP contribution is -2.10. The van der Waals surface area contributed by atoms with Crippen molar-refractivity contribution < 1.29 is 28.5 Å². The maximum Gasteiger partial charge on any atom is 0.348 e. The van der Waals surface area contributed by atoms with E-state index >= 15 is 0 Å². The van der Waals surface area contributed by atoms with Crippen molar-refractivity contribution in [1.29, 1.82) is 0 Å². The van der Waals surface area contributed by atoms with E-state index in [9.17, 15) is 14.0 Å². The molecule has 2 heterocycles. The molecule has 0 radical (unpaired) electrons. The first-order chi connectivity index (χ1) is 10.6. The Hall–Kier alpha value is -0.870. The van der Waals surface area contributed by atoms with Crippen molar-refractivity contribution in [2.75, 3.05) is 18.7 Å². The van der Waals surface area contributed by atoms with Crippen LogP contribution in [0.4, 0.5) is 5.82 Å². The summed E-state index contributed by atoms with van der Waals surface area (Å²) in [6.07, 6.45) is 2.06. The number of ether oxygens (including phenoxy) is 1. The molecule has 128 valence electrons. The zero-order valence-electron chi connectivity index (χ0n) is 11.6. The van der Waals surface area contributed by atoms with Crippen molar-refractivity contribution in [3.8, 4) is 0 Å². The molecule has 2 atom stereocenters. The Morgan fingerprint density at radius 3 is 2.65 bits per heavy atom. The van der Waals surface area contributed by atoms with Crippen LogP contribution in [0, 0.1) is 0 Å². The quantitative estimate of drug-likeness (QED) is 0.275. The number of nitrogens with zero attached hydrogens (tertiary/aromatic N) is 4. The third kappa shape index (κ3) is 4.36. The lowest BCUT2D eigenvalue weighted by Gasteiger charge is -2.18. The van der Waals surface area contributed by atoms with Gasteiger partial charge in [0.05, 0.1) is 12.9 Å². The predicted molar refractivity (Wildman–Crippen MR) is 85.1 cm³/mol. The van der Waals surface area contributed by atoms with Gasteiger partial charge in [0.25, 0.3) is 7.37 Å². The van der Waals surface area contributed by atoms with Crippen molar-refractivity contribution in [2.45, 2.75) is 10.9 Å². The minimum absolute atomic E-state index is 0.0147. The second kappa shape index (κ2) is 6.94. The van der Waals surface area contributed by atoms with Gasteiger partial charge in [-0.25, -0.2) is 15.0 Å². The summed E-state index contributed by atoms with van der Waals surface area (Å²) in [5.74, 6) is 0.235. The fourth-order valence-corrected chi connectivity index (χ4v) is 4.67. The molecule has 14 heteroatoms. The number of hydrogen-bond donors (Lipinski definition) is 4. The molecule has 23 heavy (non-hydrogen) atoms. The number of aromatic nitrogens is 4. The zero-order chi connectivity index (χ0) is 17.3. The van der Waals surface area contributed by atoms with Crippen LogP contribution in [0.25, 0.3) is 11.2 Å². The Morgan fingerprint density at radius 1 is 1.30 bits per heavy atom. The fraction of sp³-hybridized carbons (Fsp3) is 0.444. The Bertz CT molecular complexity index is 794. The van der Waals surface area contributed by atoms with Gasteiger partial charge in [0.2, 0.25) is 0 Å². The SMILES string of the molecule is Nc1ncnc2c1ncn2CCOCP(=O)(O)C(Br)P(=O)(O)O. The summed E-state index contributed by atoms with van der Waals surface area (Å²) in [5.41, 5.74) is 6.57. The summed E-state index contributed by atoms with van der Waals surface area (Å²) in [6, 6.07) is 0. The number of imidazole rings is 1. The van der Waals surface area contributed by atoms with Gasteiger partial charge < -0.3 is 29.7 Å². The highest BCUT2D eigenvalue weighted by Crippen LogP contribution is 2.64. The van der Waals surface area contributed by atoms with E-state index in [-0.39, 0.29) is 19.0 Å². The zero-order valence-corrected chi connectivity index (χ0v) is 14.9. The predicted octanol–water partition coefficient (Wildman–Crippen LogP) is 0.509. The summed E-state index contributed by atoms with van der Waals surface area (Å²) in [7, 11) is -8.94. The largest absolute Gasteiger partial charge is 0.382 e. The average Bonchev–Trinajstić information content (AvgIpc) is 2.86. The number of fused-ring (bicyclic) bond motifs is 1. The van der Waals surface area contributed by atoms with Gasteiger partial charge in [-0.2, -0.15) is 0 Å². The van der Waals surface area contributed by atoms with Gasteiger partial charge in [0.15, 0.2) is 15.8 Å². The Labute approximate surface area is 138 Å². The van der Waals surface area contributed by atoms with E-state index in [2.05, 4.69) is 30.9 Å². The smallest absolute Gasteiger partial charge is 0.348 e. The first kappa shape index (κ1) is 18.5. The third-order valence-corrected chi connectivity index (χ3v) is 10.1. The molecule has 0 aliphatic rings. The standard InChI is InChI=1S/C9H14BrN5O6P2/c10-9(23(18,19)20)22(16,17)5-21-2-1-15-4-14-6-7(11)12-3-13-8(6)15/h3-4,9H,1-2,5H2,(H,16,17)(H2,11,12,13)(H2,18,19,20). The summed E-state index contributed by atoms with van der Waals surface area (Å²) in [4.78, 5) is 39.3. The minimum atomic E-state index is -4.74. The first-order valence-corrected chi connectivity index (χ1v) is 10.6. The number of hydrogen-bond acceptors (Lipinski definition) is 7. The third-order valence-electron chi connectivity index (χ3n) is 2.79. The van der Waals surface area contributed by atoms with Crippen LogP contribution < -0.4 is 5.73 Å². The van der Waals surface area contributed by atoms with E-state index in [1.807, 2.05) is 0 Å². The van der Waals surface area contributed by atoms with Crippen molar-refractivity contribution in [3.63, 3.8) is 0 Å². The van der Waals surface area contributed by atoms with Gasteiger partial charge in [-0.05, 0) is 0 Å². The van der Waals surface area contributed by atoms with Crippen LogP contribution in [0.5, 0.6) is 0 Å². The van der Waals surface area contributed by atoms with Crippen LogP contribution >= 0.6 is 30.9 Å². The van der Waals surface area contributed by atoms with Crippen LogP contribution in [0.15, 0.2) is 12.7 Å². The molecule has 0 aliphatic heterocycles. The molecular formula is C9H14BrN5O6P2. The van der Waals surface area contributed by atoms with E-state index in [0.717, 1.165) is 0 Å². The normalized spacial score (nSPS) is 16.3. The lowest BCUT2D eigenvalue weighted by molar-refractivity contribution is 0.160. The Morgan fingerprint density at radius 2 is 2.00 bits per heavy atom. The van der Waals surface area contributed by atoms with Crippen LogP contribution in [0.1, 0.15) is 0 Å². The molecule has 0 aliphatic carbocycles. The van der Waals surface area contributed by atoms with Gasteiger partial charge >= 0.3 is 7.60 Å². The van der Waals surface area contributed by atoms with Gasteiger partial charge in [-0.15, -0.1) is 0 Å². The molecule has 0 fully saturated rings. The number of alkyl halides is 1. The topological polar surface area (TPSA) is 174 Å².